The number of benzene rings is 1. The first-order valence-corrected chi connectivity index (χ1v) is 9.16. The highest BCUT2D eigenvalue weighted by molar-refractivity contribution is 8.13. The van der Waals surface area contributed by atoms with Crippen molar-refractivity contribution >= 4 is 16.9 Å². The molecule has 0 saturated heterocycles. The summed E-state index contributed by atoms with van der Waals surface area (Å²) in [5, 5.41) is 4.56. The van der Waals surface area contributed by atoms with Crippen LogP contribution in [0.4, 0.5) is 0 Å². The van der Waals surface area contributed by atoms with Crippen molar-refractivity contribution in [2.24, 2.45) is 4.99 Å². The Hall–Kier alpha value is -1.62. The van der Waals surface area contributed by atoms with E-state index < -0.39 is 0 Å². The van der Waals surface area contributed by atoms with Crippen molar-refractivity contribution in [3.05, 3.63) is 35.0 Å². The van der Waals surface area contributed by atoms with Gasteiger partial charge in [0.1, 0.15) is 17.5 Å². The first-order valence-electron chi connectivity index (χ1n) is 8.18. The van der Waals surface area contributed by atoms with Gasteiger partial charge in [0.05, 0.1) is 14.2 Å². The van der Waals surface area contributed by atoms with Gasteiger partial charge in [0.2, 0.25) is 0 Å². The van der Waals surface area contributed by atoms with Crippen LogP contribution in [0.2, 0.25) is 0 Å². The van der Waals surface area contributed by atoms with Crippen LogP contribution in [0.3, 0.4) is 0 Å². The Kier molecular flexibility index (Phi) is 5.16. The lowest BCUT2D eigenvalue weighted by Crippen LogP contribution is -2.30. The third-order valence-corrected chi connectivity index (χ3v) is 5.13. The molecule has 3 rings (SSSR count). The highest BCUT2D eigenvalue weighted by Gasteiger charge is 2.29. The molecule has 2 aliphatic rings. The number of hydrogen-bond donors (Lipinski definition) is 1. The number of thioether (sulfide) groups is 1. The van der Waals surface area contributed by atoms with Gasteiger partial charge in [-0.1, -0.05) is 18.7 Å². The molecule has 0 aromatic heterocycles. The quantitative estimate of drug-likeness (QED) is 0.893. The van der Waals surface area contributed by atoms with E-state index in [1.807, 2.05) is 12.1 Å². The second-order valence-electron chi connectivity index (χ2n) is 5.71. The second kappa shape index (κ2) is 7.30. The van der Waals surface area contributed by atoms with Gasteiger partial charge in [0, 0.05) is 11.3 Å². The minimum Gasteiger partial charge on any atom is -0.497 e. The van der Waals surface area contributed by atoms with E-state index in [1.54, 1.807) is 26.0 Å². The Morgan fingerprint density at radius 2 is 2.04 bits per heavy atom. The fourth-order valence-electron chi connectivity index (χ4n) is 3.25. The van der Waals surface area contributed by atoms with Crippen LogP contribution in [0.5, 0.6) is 11.5 Å². The minimum absolute atomic E-state index is 0.0330. The van der Waals surface area contributed by atoms with Crippen LogP contribution in [0.1, 0.15) is 44.2 Å². The molecule has 1 unspecified atom stereocenters. The summed E-state index contributed by atoms with van der Waals surface area (Å²) in [7, 11) is 3.41. The largest absolute Gasteiger partial charge is 0.497 e. The molecular formula is C18H24N2O2S. The maximum Gasteiger partial charge on any atom is 0.161 e. The summed E-state index contributed by atoms with van der Waals surface area (Å²) < 4.78 is 11.0. The number of allylic oxidation sites excluding steroid dienone is 1. The normalized spacial score (nSPS) is 20.5. The molecule has 0 fully saturated rings. The summed E-state index contributed by atoms with van der Waals surface area (Å²) in [4.78, 5) is 4.99. The van der Waals surface area contributed by atoms with E-state index in [4.69, 9.17) is 14.5 Å². The molecule has 1 aromatic carbocycles. The van der Waals surface area contributed by atoms with E-state index in [0.717, 1.165) is 40.8 Å². The second-order valence-corrected chi connectivity index (χ2v) is 6.97. The van der Waals surface area contributed by atoms with Gasteiger partial charge in [-0.15, -0.1) is 0 Å². The lowest BCUT2D eigenvalue weighted by atomic mass is 9.86. The summed E-state index contributed by atoms with van der Waals surface area (Å²) in [6.07, 6.45) is 4.69. The molecule has 0 saturated carbocycles. The average molecular weight is 332 g/mol. The lowest BCUT2D eigenvalue weighted by molar-refractivity contribution is 0.396. The van der Waals surface area contributed by atoms with E-state index >= 15 is 0 Å². The van der Waals surface area contributed by atoms with Gasteiger partial charge < -0.3 is 14.8 Å². The van der Waals surface area contributed by atoms with Gasteiger partial charge in [-0.05, 0) is 55.2 Å². The molecule has 0 spiro atoms. The summed E-state index contributed by atoms with van der Waals surface area (Å²) in [6, 6.07) is 6.00. The van der Waals surface area contributed by atoms with Crippen molar-refractivity contribution in [2.75, 3.05) is 20.0 Å². The highest BCUT2D eigenvalue weighted by Crippen LogP contribution is 2.43. The Morgan fingerprint density at radius 3 is 2.78 bits per heavy atom. The first kappa shape index (κ1) is 16.2. The summed E-state index contributed by atoms with van der Waals surface area (Å²) in [6.45, 7) is 2.15. The zero-order valence-electron chi connectivity index (χ0n) is 14.0. The van der Waals surface area contributed by atoms with Crippen LogP contribution in [0.25, 0.3) is 0 Å². The number of amidine groups is 1. The topological polar surface area (TPSA) is 42.9 Å². The van der Waals surface area contributed by atoms with E-state index in [1.165, 1.54) is 24.1 Å². The van der Waals surface area contributed by atoms with Gasteiger partial charge >= 0.3 is 0 Å². The van der Waals surface area contributed by atoms with Crippen LogP contribution in [0.15, 0.2) is 34.5 Å². The smallest absolute Gasteiger partial charge is 0.161 e. The van der Waals surface area contributed by atoms with Gasteiger partial charge in [0.15, 0.2) is 5.17 Å². The maximum atomic E-state index is 5.60. The third-order valence-electron chi connectivity index (χ3n) is 4.36. The number of aliphatic imine (C=N–C) groups is 1. The zero-order chi connectivity index (χ0) is 16.2. The SMILES string of the molecule is CCSC1=NC(c2cc(OC)ccc2OC)C2=C(CCCC2)N1. The predicted octanol–water partition coefficient (Wildman–Crippen LogP) is 4.29. The van der Waals surface area contributed by atoms with E-state index in [-0.39, 0.29) is 6.04 Å². The van der Waals surface area contributed by atoms with Gasteiger partial charge in [-0.2, -0.15) is 0 Å². The van der Waals surface area contributed by atoms with Crippen molar-refractivity contribution in [2.45, 2.75) is 38.6 Å². The van der Waals surface area contributed by atoms with Crippen molar-refractivity contribution in [1.82, 2.24) is 5.32 Å². The molecule has 5 heteroatoms. The lowest BCUT2D eigenvalue weighted by Gasteiger charge is -2.32. The molecule has 1 N–H and O–H groups in total. The fourth-order valence-corrected chi connectivity index (χ4v) is 3.90. The predicted molar refractivity (Wildman–Crippen MR) is 96.5 cm³/mol. The molecule has 23 heavy (non-hydrogen) atoms. The number of nitrogens with one attached hydrogen (secondary N) is 1. The van der Waals surface area contributed by atoms with Crippen LogP contribution in [0, 0.1) is 0 Å². The number of hydrogen-bond acceptors (Lipinski definition) is 5. The van der Waals surface area contributed by atoms with Crippen LogP contribution in [-0.2, 0) is 0 Å². The van der Waals surface area contributed by atoms with Crippen molar-refractivity contribution < 1.29 is 9.47 Å². The molecule has 124 valence electrons. The van der Waals surface area contributed by atoms with Crippen molar-refractivity contribution in [3.8, 4) is 11.5 Å². The highest BCUT2D eigenvalue weighted by atomic mass is 32.2. The molecule has 0 amide bonds. The minimum atomic E-state index is 0.0330. The number of rotatable bonds is 4. The number of nitrogens with zero attached hydrogens (tertiary/aromatic N) is 1. The fraction of sp³-hybridized carbons (Fsp3) is 0.500. The van der Waals surface area contributed by atoms with E-state index in [2.05, 4.69) is 18.3 Å². The Balaban J connectivity index is 2.06. The number of ether oxygens (including phenoxy) is 2. The summed E-state index contributed by atoms with van der Waals surface area (Å²) in [5.41, 5.74) is 3.86. The first-order chi connectivity index (χ1) is 11.3. The average Bonchev–Trinajstić information content (AvgIpc) is 2.60. The van der Waals surface area contributed by atoms with E-state index in [9.17, 15) is 0 Å². The summed E-state index contributed by atoms with van der Waals surface area (Å²) in [5.74, 6) is 2.73. The summed E-state index contributed by atoms with van der Waals surface area (Å²) >= 11 is 1.76. The third kappa shape index (κ3) is 3.34. The van der Waals surface area contributed by atoms with Crippen molar-refractivity contribution in [3.63, 3.8) is 0 Å². The van der Waals surface area contributed by atoms with Crippen molar-refractivity contribution in [1.29, 1.82) is 0 Å². The monoisotopic (exact) mass is 332 g/mol. The Bertz CT molecular complexity index is 640. The maximum absolute atomic E-state index is 5.60. The van der Waals surface area contributed by atoms with Crippen LogP contribution < -0.4 is 14.8 Å². The molecule has 1 atom stereocenters. The molecule has 1 aliphatic heterocycles. The van der Waals surface area contributed by atoms with Gasteiger partial charge in [0.25, 0.3) is 0 Å². The number of methoxy groups -OCH3 is 2. The molecule has 4 nitrogen and oxygen atoms in total. The molecule has 1 heterocycles. The Labute approximate surface area is 142 Å². The standard InChI is InChI=1S/C18H24N2O2S/c1-4-23-18-19-15-8-6-5-7-13(15)17(20-18)14-11-12(21-2)9-10-16(14)22-3/h9-11,17H,4-8H2,1-3H3,(H,19,20). The molecular weight excluding hydrogens is 308 g/mol. The zero-order valence-corrected chi connectivity index (χ0v) is 14.8. The van der Waals surface area contributed by atoms with E-state index in [0.29, 0.717) is 0 Å². The Morgan fingerprint density at radius 1 is 1.22 bits per heavy atom. The molecule has 1 aliphatic carbocycles. The molecule has 1 aromatic rings. The van der Waals surface area contributed by atoms with Crippen LogP contribution >= 0.6 is 11.8 Å². The van der Waals surface area contributed by atoms with Gasteiger partial charge in [-0.25, -0.2) is 4.99 Å². The van der Waals surface area contributed by atoms with Gasteiger partial charge in [-0.3, -0.25) is 0 Å². The molecule has 0 bridgehead atoms. The van der Waals surface area contributed by atoms with Crippen LogP contribution in [-0.4, -0.2) is 25.1 Å². The molecule has 0 radical (unpaired) electrons.